The van der Waals surface area contributed by atoms with Crippen LogP contribution in [0.25, 0.3) is 11.1 Å². The van der Waals surface area contributed by atoms with Crippen molar-refractivity contribution >= 4 is 5.97 Å². The summed E-state index contributed by atoms with van der Waals surface area (Å²) in [7, 11) is 3.12. The van der Waals surface area contributed by atoms with Gasteiger partial charge in [0.1, 0.15) is 11.5 Å². The van der Waals surface area contributed by atoms with E-state index in [2.05, 4.69) is 4.98 Å². The molecule has 0 aliphatic rings. The topological polar surface area (TPSA) is 68.7 Å². The van der Waals surface area contributed by atoms with E-state index in [1.54, 1.807) is 44.7 Å². The molecular weight excluding hydrogens is 246 g/mol. The molecule has 1 aromatic heterocycles. The third-order valence-corrected chi connectivity index (χ3v) is 2.70. The van der Waals surface area contributed by atoms with Gasteiger partial charge in [-0.2, -0.15) is 0 Å². The zero-order valence-electron chi connectivity index (χ0n) is 10.6. The summed E-state index contributed by atoms with van der Waals surface area (Å²) in [6.07, 6.45) is 2.90. The van der Waals surface area contributed by atoms with Gasteiger partial charge in [0.05, 0.1) is 19.8 Å². The number of aromatic carboxylic acids is 1. The van der Waals surface area contributed by atoms with E-state index in [-0.39, 0.29) is 5.56 Å². The van der Waals surface area contributed by atoms with Crippen molar-refractivity contribution in [2.45, 2.75) is 0 Å². The smallest absolute Gasteiger partial charge is 0.337 e. The molecule has 0 spiro atoms. The van der Waals surface area contributed by atoms with E-state index < -0.39 is 5.97 Å². The summed E-state index contributed by atoms with van der Waals surface area (Å²) < 4.78 is 10.4. The largest absolute Gasteiger partial charge is 0.497 e. The molecule has 19 heavy (non-hydrogen) atoms. The lowest BCUT2D eigenvalue weighted by atomic mass is 10.0. The van der Waals surface area contributed by atoms with Gasteiger partial charge in [0.2, 0.25) is 0 Å². The van der Waals surface area contributed by atoms with Gasteiger partial charge in [-0.3, -0.25) is 4.98 Å². The highest BCUT2D eigenvalue weighted by Gasteiger charge is 2.10. The maximum atomic E-state index is 10.9. The van der Waals surface area contributed by atoms with E-state index in [0.29, 0.717) is 17.1 Å². The van der Waals surface area contributed by atoms with Gasteiger partial charge in [0.15, 0.2) is 0 Å². The fourth-order valence-corrected chi connectivity index (χ4v) is 1.74. The van der Waals surface area contributed by atoms with E-state index in [4.69, 9.17) is 14.6 Å². The normalized spacial score (nSPS) is 10.0. The first-order valence-corrected chi connectivity index (χ1v) is 5.56. The average molecular weight is 259 g/mol. The van der Waals surface area contributed by atoms with E-state index in [1.165, 1.54) is 6.20 Å². The van der Waals surface area contributed by atoms with Crippen LogP contribution in [0.4, 0.5) is 0 Å². The number of hydrogen-bond donors (Lipinski definition) is 1. The molecule has 0 unspecified atom stereocenters. The van der Waals surface area contributed by atoms with Gasteiger partial charge in [0.25, 0.3) is 0 Å². The summed E-state index contributed by atoms with van der Waals surface area (Å²) in [5.41, 5.74) is 1.58. The number of carboxylic acid groups (broad SMARTS) is 1. The maximum Gasteiger partial charge on any atom is 0.337 e. The lowest BCUT2D eigenvalue weighted by Gasteiger charge is -2.10. The van der Waals surface area contributed by atoms with E-state index in [0.717, 1.165) is 5.56 Å². The summed E-state index contributed by atoms with van der Waals surface area (Å²) in [4.78, 5) is 14.9. The minimum Gasteiger partial charge on any atom is -0.497 e. The molecule has 0 saturated heterocycles. The molecular formula is C14H13NO4. The Kier molecular flexibility index (Phi) is 3.66. The zero-order valence-corrected chi connectivity index (χ0v) is 10.6. The second-order valence-electron chi connectivity index (χ2n) is 3.83. The molecule has 0 fully saturated rings. The monoisotopic (exact) mass is 259 g/mol. The minimum atomic E-state index is -1.01. The third kappa shape index (κ3) is 2.65. The Balaban J connectivity index is 2.52. The predicted octanol–water partition coefficient (Wildman–Crippen LogP) is 2.46. The summed E-state index contributed by atoms with van der Waals surface area (Å²) in [5, 5.41) is 8.97. The number of carbonyl (C=O) groups is 1. The molecule has 0 atom stereocenters. The van der Waals surface area contributed by atoms with Gasteiger partial charge in [-0.15, -0.1) is 0 Å². The Morgan fingerprint density at radius 1 is 1.16 bits per heavy atom. The molecule has 0 aliphatic heterocycles. The number of aromatic nitrogens is 1. The molecule has 98 valence electrons. The number of hydrogen-bond acceptors (Lipinski definition) is 4. The van der Waals surface area contributed by atoms with Crippen molar-refractivity contribution in [1.82, 2.24) is 4.98 Å². The van der Waals surface area contributed by atoms with Gasteiger partial charge in [0, 0.05) is 29.6 Å². The van der Waals surface area contributed by atoms with Crippen LogP contribution in [-0.2, 0) is 0 Å². The van der Waals surface area contributed by atoms with Crippen LogP contribution < -0.4 is 9.47 Å². The Bertz CT molecular complexity index is 610. The summed E-state index contributed by atoms with van der Waals surface area (Å²) >= 11 is 0. The van der Waals surface area contributed by atoms with Crippen LogP contribution in [0, 0.1) is 0 Å². The molecule has 0 radical (unpaired) electrons. The van der Waals surface area contributed by atoms with Crippen LogP contribution >= 0.6 is 0 Å². The molecule has 0 bridgehead atoms. The highest BCUT2D eigenvalue weighted by molar-refractivity contribution is 5.89. The number of rotatable bonds is 4. The van der Waals surface area contributed by atoms with Gasteiger partial charge < -0.3 is 14.6 Å². The van der Waals surface area contributed by atoms with Crippen molar-refractivity contribution in [3.63, 3.8) is 0 Å². The van der Waals surface area contributed by atoms with Crippen molar-refractivity contribution < 1.29 is 19.4 Å². The molecule has 2 rings (SSSR count). The highest BCUT2D eigenvalue weighted by atomic mass is 16.5. The average Bonchev–Trinajstić information content (AvgIpc) is 2.46. The lowest BCUT2D eigenvalue weighted by molar-refractivity contribution is 0.0696. The summed E-state index contributed by atoms with van der Waals surface area (Å²) in [6, 6.07) is 6.88. The number of benzene rings is 1. The molecule has 0 saturated carbocycles. The second-order valence-corrected chi connectivity index (χ2v) is 3.83. The van der Waals surface area contributed by atoms with E-state index >= 15 is 0 Å². The number of methoxy groups -OCH3 is 2. The highest BCUT2D eigenvalue weighted by Crippen LogP contribution is 2.33. The first kappa shape index (κ1) is 12.9. The van der Waals surface area contributed by atoms with Crippen LogP contribution in [0.2, 0.25) is 0 Å². The van der Waals surface area contributed by atoms with Gasteiger partial charge in [-0.1, -0.05) is 0 Å². The molecule has 0 amide bonds. The Morgan fingerprint density at radius 2 is 1.95 bits per heavy atom. The van der Waals surface area contributed by atoms with Crippen molar-refractivity contribution in [1.29, 1.82) is 0 Å². The number of ether oxygens (including phenoxy) is 2. The quantitative estimate of drug-likeness (QED) is 0.913. The van der Waals surface area contributed by atoms with Gasteiger partial charge in [-0.05, 0) is 18.2 Å². The van der Waals surface area contributed by atoms with E-state index in [1.807, 2.05) is 0 Å². The molecule has 5 heteroatoms. The van der Waals surface area contributed by atoms with Crippen LogP contribution in [0.15, 0.2) is 36.7 Å². The Morgan fingerprint density at radius 3 is 2.58 bits per heavy atom. The fraction of sp³-hybridized carbons (Fsp3) is 0.143. The van der Waals surface area contributed by atoms with Gasteiger partial charge in [-0.25, -0.2) is 4.79 Å². The van der Waals surface area contributed by atoms with Crippen LogP contribution in [-0.4, -0.2) is 30.3 Å². The molecule has 5 nitrogen and oxygen atoms in total. The second kappa shape index (κ2) is 5.39. The van der Waals surface area contributed by atoms with Crippen molar-refractivity contribution in [3.8, 4) is 22.6 Å². The van der Waals surface area contributed by atoms with Crippen LogP contribution in [0.5, 0.6) is 11.5 Å². The summed E-state index contributed by atoms with van der Waals surface area (Å²) in [5.74, 6) is 0.258. The number of nitrogens with zero attached hydrogens (tertiary/aromatic N) is 1. The molecule has 2 aromatic rings. The fourth-order valence-electron chi connectivity index (χ4n) is 1.74. The predicted molar refractivity (Wildman–Crippen MR) is 69.7 cm³/mol. The first-order chi connectivity index (χ1) is 9.15. The molecule has 0 aliphatic carbocycles. The minimum absolute atomic E-state index is 0.135. The van der Waals surface area contributed by atoms with Crippen LogP contribution in [0.1, 0.15) is 10.4 Å². The maximum absolute atomic E-state index is 10.9. The molecule has 1 aromatic carbocycles. The number of pyridine rings is 1. The summed E-state index contributed by atoms with van der Waals surface area (Å²) in [6.45, 7) is 0. The van der Waals surface area contributed by atoms with E-state index in [9.17, 15) is 4.79 Å². The lowest BCUT2D eigenvalue weighted by Crippen LogP contribution is -1.98. The van der Waals surface area contributed by atoms with Crippen molar-refractivity contribution in [3.05, 3.63) is 42.2 Å². The first-order valence-electron chi connectivity index (χ1n) is 5.56. The van der Waals surface area contributed by atoms with Crippen molar-refractivity contribution in [2.75, 3.05) is 14.2 Å². The Hall–Kier alpha value is -2.56. The Labute approximate surface area is 110 Å². The molecule has 1 heterocycles. The third-order valence-electron chi connectivity index (χ3n) is 2.70. The molecule has 1 N–H and O–H groups in total. The van der Waals surface area contributed by atoms with Crippen LogP contribution in [0.3, 0.4) is 0 Å². The SMILES string of the molecule is COc1ccc(-c2cncc(C(=O)O)c2)c(OC)c1. The van der Waals surface area contributed by atoms with Crippen molar-refractivity contribution in [2.24, 2.45) is 0 Å². The number of carboxylic acids is 1. The van der Waals surface area contributed by atoms with Gasteiger partial charge >= 0.3 is 5.97 Å². The zero-order chi connectivity index (χ0) is 13.8. The standard InChI is InChI=1S/C14H13NO4/c1-18-11-3-4-12(13(6-11)19-2)9-5-10(14(16)17)8-15-7-9/h3-8H,1-2H3,(H,16,17).